The van der Waals surface area contributed by atoms with Crippen molar-refractivity contribution in [2.24, 2.45) is 0 Å². The van der Waals surface area contributed by atoms with Crippen LogP contribution in [0.4, 0.5) is 11.4 Å². The Labute approximate surface area is 206 Å². The van der Waals surface area contributed by atoms with E-state index >= 15 is 0 Å². The highest BCUT2D eigenvalue weighted by Crippen LogP contribution is 2.26. The number of aryl methyl sites for hydroxylation is 1. The molecular weight excluding hydrogens is 460 g/mol. The Morgan fingerprint density at radius 3 is 2.31 bits per heavy atom. The summed E-state index contributed by atoms with van der Waals surface area (Å²) in [6, 6.07) is 24.9. The highest BCUT2D eigenvalue weighted by Gasteiger charge is 2.21. The first kappa shape index (κ1) is 24.3. The van der Waals surface area contributed by atoms with Crippen molar-refractivity contribution >= 4 is 38.1 Å². The van der Waals surface area contributed by atoms with Crippen LogP contribution in [0.5, 0.6) is 5.75 Å². The lowest BCUT2D eigenvalue weighted by Crippen LogP contribution is -2.32. The first-order valence-corrected chi connectivity index (χ1v) is 12.9. The molecule has 2 N–H and O–H groups in total. The molecule has 4 aromatic carbocycles. The number of sulfonamides is 1. The van der Waals surface area contributed by atoms with Crippen LogP contribution in [-0.4, -0.2) is 20.4 Å². The van der Waals surface area contributed by atoms with E-state index in [1.54, 1.807) is 18.2 Å². The molecule has 0 heterocycles. The summed E-state index contributed by atoms with van der Waals surface area (Å²) in [6.07, 6.45) is -0.187. The Bertz CT molecular complexity index is 1460. The molecule has 180 valence electrons. The van der Waals surface area contributed by atoms with E-state index in [4.69, 9.17) is 4.74 Å². The minimum atomic E-state index is -3.81. The van der Waals surface area contributed by atoms with Crippen LogP contribution in [0, 0.1) is 13.8 Å². The van der Waals surface area contributed by atoms with Crippen molar-refractivity contribution in [3.63, 3.8) is 0 Å². The maximum absolute atomic E-state index is 13.0. The largest absolute Gasteiger partial charge is 0.480 e. The molecule has 7 heteroatoms. The number of rotatable bonds is 8. The zero-order valence-corrected chi connectivity index (χ0v) is 20.7. The van der Waals surface area contributed by atoms with Gasteiger partial charge in [0.05, 0.1) is 10.6 Å². The predicted octanol–water partition coefficient (Wildman–Crippen LogP) is 6.05. The van der Waals surface area contributed by atoms with Gasteiger partial charge in [-0.2, -0.15) is 0 Å². The quantitative estimate of drug-likeness (QED) is 0.316. The first-order valence-electron chi connectivity index (χ1n) is 11.4. The minimum absolute atomic E-state index is 0.0992. The SMILES string of the molecule is CC[C@H](Oc1cccc(C)c1C)C(=O)Nc1ccc(S(=O)(=O)Nc2cccc3ccccc23)cc1. The molecule has 0 radical (unpaired) electrons. The molecule has 0 aromatic heterocycles. The lowest BCUT2D eigenvalue weighted by Gasteiger charge is -2.19. The summed E-state index contributed by atoms with van der Waals surface area (Å²) >= 11 is 0. The number of amides is 1. The van der Waals surface area contributed by atoms with Gasteiger partial charge in [-0.3, -0.25) is 9.52 Å². The van der Waals surface area contributed by atoms with E-state index in [1.165, 1.54) is 12.1 Å². The van der Waals surface area contributed by atoms with E-state index < -0.39 is 16.1 Å². The molecule has 4 aromatic rings. The van der Waals surface area contributed by atoms with Gasteiger partial charge in [0.25, 0.3) is 15.9 Å². The Morgan fingerprint density at radius 2 is 1.57 bits per heavy atom. The van der Waals surface area contributed by atoms with Crippen LogP contribution < -0.4 is 14.8 Å². The van der Waals surface area contributed by atoms with E-state index in [1.807, 2.05) is 75.4 Å². The fraction of sp³-hybridized carbons (Fsp3) is 0.179. The van der Waals surface area contributed by atoms with Gasteiger partial charge in [0.2, 0.25) is 0 Å². The van der Waals surface area contributed by atoms with Crippen LogP contribution in [0.2, 0.25) is 0 Å². The van der Waals surface area contributed by atoms with Crippen molar-refractivity contribution in [1.82, 2.24) is 0 Å². The van der Waals surface area contributed by atoms with Crippen LogP contribution in [0.1, 0.15) is 24.5 Å². The summed E-state index contributed by atoms with van der Waals surface area (Å²) in [7, 11) is -3.81. The average molecular weight is 489 g/mol. The highest BCUT2D eigenvalue weighted by atomic mass is 32.2. The zero-order chi connectivity index (χ0) is 25.0. The van der Waals surface area contributed by atoms with Crippen LogP contribution in [0.25, 0.3) is 10.8 Å². The molecule has 0 fully saturated rings. The molecule has 0 saturated carbocycles. The number of ether oxygens (including phenoxy) is 1. The lowest BCUT2D eigenvalue weighted by atomic mass is 10.1. The highest BCUT2D eigenvalue weighted by molar-refractivity contribution is 7.92. The number of carbonyl (C=O) groups is 1. The summed E-state index contributed by atoms with van der Waals surface area (Å²) < 4.78 is 34.6. The number of hydrogen-bond acceptors (Lipinski definition) is 4. The van der Waals surface area contributed by atoms with Gasteiger partial charge in [-0.05, 0) is 73.2 Å². The maximum Gasteiger partial charge on any atom is 0.265 e. The molecule has 0 saturated heterocycles. The molecule has 0 bridgehead atoms. The summed E-state index contributed by atoms with van der Waals surface area (Å²) in [5, 5.41) is 4.58. The van der Waals surface area contributed by atoms with Crippen molar-refractivity contribution in [2.75, 3.05) is 10.0 Å². The van der Waals surface area contributed by atoms with E-state index in [0.717, 1.165) is 21.9 Å². The van der Waals surface area contributed by atoms with Crippen molar-refractivity contribution in [3.05, 3.63) is 96.1 Å². The maximum atomic E-state index is 13.0. The number of nitrogens with one attached hydrogen (secondary N) is 2. The molecule has 1 atom stereocenters. The van der Waals surface area contributed by atoms with Gasteiger partial charge in [-0.1, -0.05) is 55.5 Å². The summed E-state index contributed by atoms with van der Waals surface area (Å²) in [4.78, 5) is 12.9. The lowest BCUT2D eigenvalue weighted by molar-refractivity contribution is -0.122. The summed E-state index contributed by atoms with van der Waals surface area (Å²) in [5.74, 6) is 0.380. The van der Waals surface area contributed by atoms with Gasteiger partial charge < -0.3 is 10.1 Å². The Morgan fingerprint density at radius 1 is 0.886 bits per heavy atom. The van der Waals surface area contributed by atoms with Gasteiger partial charge in [-0.15, -0.1) is 0 Å². The fourth-order valence-electron chi connectivity index (χ4n) is 3.79. The van der Waals surface area contributed by atoms with Gasteiger partial charge in [0, 0.05) is 11.1 Å². The van der Waals surface area contributed by atoms with Crippen LogP contribution in [0.15, 0.2) is 89.8 Å². The third-order valence-electron chi connectivity index (χ3n) is 5.95. The molecule has 1 amide bonds. The van der Waals surface area contributed by atoms with E-state index in [0.29, 0.717) is 23.5 Å². The van der Waals surface area contributed by atoms with Gasteiger partial charge in [0.15, 0.2) is 6.10 Å². The van der Waals surface area contributed by atoms with E-state index in [-0.39, 0.29) is 10.8 Å². The smallest absolute Gasteiger partial charge is 0.265 e. The second-order valence-corrected chi connectivity index (χ2v) is 10.0. The standard InChI is InChI=1S/C28H28N2O4S/c1-4-26(34-27-14-7-9-19(2)20(27)3)28(31)29-22-15-17-23(18-16-22)35(32,33)30-25-13-8-11-21-10-5-6-12-24(21)25/h5-18,26,30H,4H2,1-3H3,(H,29,31)/t26-/m0/s1. The number of fused-ring (bicyclic) bond motifs is 1. The van der Waals surface area contributed by atoms with Crippen LogP contribution in [0.3, 0.4) is 0 Å². The summed E-state index contributed by atoms with van der Waals surface area (Å²) in [5.41, 5.74) is 3.08. The van der Waals surface area contributed by atoms with Crippen molar-refractivity contribution in [1.29, 1.82) is 0 Å². The molecular formula is C28H28N2O4S. The third kappa shape index (κ3) is 5.46. The number of carbonyl (C=O) groups excluding carboxylic acids is 1. The van der Waals surface area contributed by atoms with Crippen LogP contribution in [-0.2, 0) is 14.8 Å². The average Bonchev–Trinajstić information content (AvgIpc) is 2.85. The summed E-state index contributed by atoms with van der Waals surface area (Å²) in [6.45, 7) is 5.83. The molecule has 6 nitrogen and oxygen atoms in total. The second kappa shape index (κ2) is 10.2. The van der Waals surface area contributed by atoms with Gasteiger partial charge in [0.1, 0.15) is 5.75 Å². The molecule has 0 aliphatic rings. The number of hydrogen-bond donors (Lipinski definition) is 2. The third-order valence-corrected chi connectivity index (χ3v) is 7.33. The molecule has 0 aliphatic heterocycles. The second-order valence-electron chi connectivity index (χ2n) is 8.36. The predicted molar refractivity (Wildman–Crippen MR) is 140 cm³/mol. The van der Waals surface area contributed by atoms with E-state index in [9.17, 15) is 13.2 Å². The fourth-order valence-corrected chi connectivity index (χ4v) is 4.87. The van der Waals surface area contributed by atoms with Gasteiger partial charge >= 0.3 is 0 Å². The van der Waals surface area contributed by atoms with Crippen molar-refractivity contribution in [2.45, 2.75) is 38.2 Å². The normalized spacial score (nSPS) is 12.2. The van der Waals surface area contributed by atoms with Crippen LogP contribution >= 0.6 is 0 Å². The van der Waals surface area contributed by atoms with E-state index in [2.05, 4.69) is 10.0 Å². The molecule has 0 aliphatic carbocycles. The van der Waals surface area contributed by atoms with Crippen molar-refractivity contribution in [3.8, 4) is 5.75 Å². The Balaban J connectivity index is 1.46. The number of anilines is 2. The molecule has 0 unspecified atom stereocenters. The van der Waals surface area contributed by atoms with Gasteiger partial charge in [-0.25, -0.2) is 8.42 Å². The van der Waals surface area contributed by atoms with Crippen molar-refractivity contribution < 1.29 is 17.9 Å². The minimum Gasteiger partial charge on any atom is -0.480 e. The topological polar surface area (TPSA) is 84.5 Å². The molecule has 35 heavy (non-hydrogen) atoms. The zero-order valence-electron chi connectivity index (χ0n) is 19.9. The Hall–Kier alpha value is -3.84. The Kier molecular flexibility index (Phi) is 7.07. The number of benzene rings is 4. The molecule has 4 rings (SSSR count). The molecule has 0 spiro atoms. The monoisotopic (exact) mass is 488 g/mol. The first-order chi connectivity index (χ1) is 16.8.